The SMILES string of the molecule is COC(=O)C(NC(=O)OCC1C=CC=CC1)C1CCCC(F)(F)CC1. The highest BCUT2D eigenvalue weighted by Crippen LogP contribution is 2.35. The first kappa shape index (κ1) is 19.4. The van der Waals surface area contributed by atoms with E-state index in [0.29, 0.717) is 12.8 Å². The number of amides is 1. The Morgan fingerprint density at radius 3 is 2.76 bits per heavy atom. The highest BCUT2D eigenvalue weighted by molar-refractivity contribution is 5.81. The van der Waals surface area contributed by atoms with Crippen LogP contribution in [0.5, 0.6) is 0 Å². The Hall–Kier alpha value is -1.92. The van der Waals surface area contributed by atoms with Gasteiger partial charge in [-0.25, -0.2) is 18.4 Å². The number of rotatable bonds is 5. The van der Waals surface area contributed by atoms with Gasteiger partial charge in [-0.05, 0) is 31.6 Å². The van der Waals surface area contributed by atoms with E-state index >= 15 is 0 Å². The van der Waals surface area contributed by atoms with Crippen LogP contribution in [0.3, 0.4) is 0 Å². The van der Waals surface area contributed by atoms with Crippen molar-refractivity contribution in [2.45, 2.75) is 50.5 Å². The molecule has 2 aliphatic rings. The average Bonchev–Trinajstić information content (AvgIpc) is 2.78. The maximum absolute atomic E-state index is 13.5. The largest absolute Gasteiger partial charge is 0.467 e. The molecule has 0 aliphatic heterocycles. The molecule has 0 aromatic carbocycles. The number of hydrogen-bond acceptors (Lipinski definition) is 4. The molecule has 5 nitrogen and oxygen atoms in total. The molecule has 0 aromatic heterocycles. The first-order valence-corrected chi connectivity index (χ1v) is 8.63. The Morgan fingerprint density at radius 2 is 2.08 bits per heavy atom. The van der Waals surface area contributed by atoms with E-state index < -0.39 is 24.0 Å². The molecule has 3 atom stereocenters. The number of carbonyl (C=O) groups is 2. The lowest BCUT2D eigenvalue weighted by Gasteiger charge is -2.25. The van der Waals surface area contributed by atoms with E-state index in [2.05, 4.69) is 5.32 Å². The summed E-state index contributed by atoms with van der Waals surface area (Å²) in [7, 11) is 1.22. The Morgan fingerprint density at radius 1 is 1.28 bits per heavy atom. The zero-order valence-electron chi connectivity index (χ0n) is 14.4. The standard InChI is InChI=1S/C18H25F2NO4/c1-24-16(22)15(14-8-5-10-18(19,20)11-9-14)21-17(23)25-12-13-6-3-2-4-7-13/h2-4,6,13-15H,5,7-12H2,1H3,(H,21,23). The molecule has 140 valence electrons. The molecule has 1 amide bonds. The summed E-state index contributed by atoms with van der Waals surface area (Å²) in [4.78, 5) is 24.1. The highest BCUT2D eigenvalue weighted by atomic mass is 19.3. The number of nitrogens with one attached hydrogen (secondary N) is 1. The number of alkyl halides is 2. The lowest BCUT2D eigenvalue weighted by atomic mass is 9.92. The monoisotopic (exact) mass is 357 g/mol. The minimum Gasteiger partial charge on any atom is -0.467 e. The van der Waals surface area contributed by atoms with E-state index in [9.17, 15) is 18.4 Å². The van der Waals surface area contributed by atoms with Crippen LogP contribution in [-0.2, 0) is 14.3 Å². The molecule has 25 heavy (non-hydrogen) atoms. The van der Waals surface area contributed by atoms with Crippen molar-refractivity contribution in [1.29, 1.82) is 0 Å². The van der Waals surface area contributed by atoms with Crippen molar-refractivity contribution < 1.29 is 27.8 Å². The summed E-state index contributed by atoms with van der Waals surface area (Å²) >= 11 is 0. The van der Waals surface area contributed by atoms with Crippen LogP contribution in [0, 0.1) is 11.8 Å². The minimum atomic E-state index is -2.71. The van der Waals surface area contributed by atoms with Gasteiger partial charge < -0.3 is 14.8 Å². The summed E-state index contributed by atoms with van der Waals surface area (Å²) in [5.41, 5.74) is 0. The van der Waals surface area contributed by atoms with E-state index in [-0.39, 0.29) is 37.7 Å². The number of alkyl carbamates (subject to hydrolysis) is 1. The zero-order chi connectivity index (χ0) is 18.3. The van der Waals surface area contributed by atoms with Crippen LogP contribution in [0.2, 0.25) is 0 Å². The molecule has 3 unspecified atom stereocenters. The third-order valence-corrected chi connectivity index (χ3v) is 4.70. The molecule has 0 heterocycles. The fourth-order valence-corrected chi connectivity index (χ4v) is 3.23. The van der Waals surface area contributed by atoms with Crippen molar-refractivity contribution in [3.05, 3.63) is 24.3 Å². The van der Waals surface area contributed by atoms with E-state index in [0.717, 1.165) is 6.42 Å². The Kier molecular flexibility index (Phi) is 6.96. The fourth-order valence-electron chi connectivity index (χ4n) is 3.23. The molecule has 1 saturated carbocycles. The van der Waals surface area contributed by atoms with Crippen LogP contribution in [-0.4, -0.2) is 37.7 Å². The van der Waals surface area contributed by atoms with Gasteiger partial charge >= 0.3 is 12.1 Å². The van der Waals surface area contributed by atoms with Crippen LogP contribution in [0.1, 0.15) is 38.5 Å². The Balaban J connectivity index is 1.90. The number of allylic oxidation sites excluding steroid dienone is 3. The molecule has 0 saturated heterocycles. The third kappa shape index (κ3) is 6.14. The quantitative estimate of drug-likeness (QED) is 0.603. The van der Waals surface area contributed by atoms with Gasteiger partial charge in [0.1, 0.15) is 6.04 Å². The number of ether oxygens (including phenoxy) is 2. The van der Waals surface area contributed by atoms with Crippen LogP contribution < -0.4 is 5.32 Å². The lowest BCUT2D eigenvalue weighted by Crippen LogP contribution is -2.47. The van der Waals surface area contributed by atoms with Crippen molar-refractivity contribution in [3.8, 4) is 0 Å². The summed E-state index contributed by atoms with van der Waals surface area (Å²) < 4.78 is 37.0. The maximum Gasteiger partial charge on any atom is 0.407 e. The van der Waals surface area contributed by atoms with E-state index in [4.69, 9.17) is 9.47 Å². The lowest BCUT2D eigenvalue weighted by molar-refractivity contribution is -0.144. The smallest absolute Gasteiger partial charge is 0.407 e. The summed E-state index contributed by atoms with van der Waals surface area (Å²) in [5, 5.41) is 2.51. The topological polar surface area (TPSA) is 64.6 Å². The summed E-state index contributed by atoms with van der Waals surface area (Å²) in [5.74, 6) is -3.63. The molecule has 1 fully saturated rings. The van der Waals surface area contributed by atoms with Gasteiger partial charge in [-0.15, -0.1) is 0 Å². The van der Waals surface area contributed by atoms with Gasteiger partial charge in [0.2, 0.25) is 5.92 Å². The van der Waals surface area contributed by atoms with Crippen molar-refractivity contribution >= 4 is 12.1 Å². The molecular formula is C18H25F2NO4. The van der Waals surface area contributed by atoms with Crippen molar-refractivity contribution in [2.24, 2.45) is 11.8 Å². The zero-order valence-corrected chi connectivity index (χ0v) is 14.4. The Bertz CT molecular complexity index is 533. The van der Waals surface area contributed by atoms with Crippen molar-refractivity contribution in [1.82, 2.24) is 5.32 Å². The van der Waals surface area contributed by atoms with E-state index in [1.54, 1.807) is 0 Å². The molecule has 2 rings (SSSR count). The van der Waals surface area contributed by atoms with Crippen LogP contribution in [0.15, 0.2) is 24.3 Å². The molecular weight excluding hydrogens is 332 g/mol. The first-order chi connectivity index (χ1) is 11.9. The van der Waals surface area contributed by atoms with Gasteiger partial charge in [-0.2, -0.15) is 0 Å². The predicted molar refractivity (Wildman–Crippen MR) is 88.2 cm³/mol. The number of halogens is 2. The summed E-state index contributed by atoms with van der Waals surface area (Å²) in [6, 6.07) is -0.965. The minimum absolute atomic E-state index is 0.101. The van der Waals surface area contributed by atoms with Gasteiger partial charge in [0.05, 0.1) is 13.7 Å². The maximum atomic E-state index is 13.5. The van der Waals surface area contributed by atoms with Crippen LogP contribution in [0.4, 0.5) is 13.6 Å². The second-order valence-corrected chi connectivity index (χ2v) is 6.60. The van der Waals surface area contributed by atoms with Crippen molar-refractivity contribution in [3.63, 3.8) is 0 Å². The normalized spacial score (nSPS) is 26.4. The van der Waals surface area contributed by atoms with Gasteiger partial charge in [-0.3, -0.25) is 0 Å². The average molecular weight is 357 g/mol. The molecule has 1 N–H and O–H groups in total. The van der Waals surface area contributed by atoms with Crippen LogP contribution in [0.25, 0.3) is 0 Å². The van der Waals surface area contributed by atoms with Gasteiger partial charge in [0.25, 0.3) is 0 Å². The number of hydrogen-bond donors (Lipinski definition) is 1. The number of methoxy groups -OCH3 is 1. The molecule has 0 radical (unpaired) electrons. The third-order valence-electron chi connectivity index (χ3n) is 4.70. The number of esters is 1. The second kappa shape index (κ2) is 8.97. The van der Waals surface area contributed by atoms with Gasteiger partial charge in [0.15, 0.2) is 0 Å². The van der Waals surface area contributed by atoms with Crippen molar-refractivity contribution in [2.75, 3.05) is 13.7 Å². The Labute approximate surface area is 146 Å². The molecule has 7 heteroatoms. The van der Waals surface area contributed by atoms with E-state index in [1.165, 1.54) is 7.11 Å². The van der Waals surface area contributed by atoms with Gasteiger partial charge in [-0.1, -0.05) is 24.3 Å². The number of carbonyl (C=O) groups excluding carboxylic acids is 2. The molecule has 0 bridgehead atoms. The summed E-state index contributed by atoms with van der Waals surface area (Å²) in [6.07, 6.45) is 8.20. The fraction of sp³-hybridized carbons (Fsp3) is 0.667. The molecule has 2 aliphatic carbocycles. The van der Waals surface area contributed by atoms with Gasteiger partial charge in [0, 0.05) is 18.8 Å². The van der Waals surface area contributed by atoms with E-state index in [1.807, 2.05) is 24.3 Å². The highest BCUT2D eigenvalue weighted by Gasteiger charge is 2.38. The predicted octanol–water partition coefficient (Wildman–Crippen LogP) is 3.60. The molecule has 0 spiro atoms. The molecule has 0 aromatic rings. The summed E-state index contributed by atoms with van der Waals surface area (Å²) in [6.45, 7) is 0.198. The van der Waals surface area contributed by atoms with Crippen LogP contribution >= 0.6 is 0 Å². The first-order valence-electron chi connectivity index (χ1n) is 8.63. The second-order valence-electron chi connectivity index (χ2n) is 6.60.